The van der Waals surface area contributed by atoms with Crippen molar-refractivity contribution in [1.29, 1.82) is 0 Å². The summed E-state index contributed by atoms with van der Waals surface area (Å²) in [5.41, 5.74) is 2.10. The van der Waals surface area contributed by atoms with E-state index in [4.69, 9.17) is 0 Å². The molecule has 1 aromatic carbocycles. The Balaban J connectivity index is 1.66. The van der Waals surface area contributed by atoms with Gasteiger partial charge in [-0.15, -0.1) is 0 Å². The molecule has 0 radical (unpaired) electrons. The fraction of sp³-hybridized carbons (Fsp3) is 0.474. The van der Waals surface area contributed by atoms with E-state index in [1.54, 1.807) is 6.20 Å². The molecule has 0 N–H and O–H groups in total. The SMILES string of the molecule is CC(C)n1cc(C(=O)N2CCC[C@H](c3ccccc3)CC2)cn1. The largest absolute Gasteiger partial charge is 0.339 e. The minimum atomic E-state index is 0.116. The number of nitrogens with zero attached hydrogens (tertiary/aromatic N) is 3. The van der Waals surface area contributed by atoms with Crippen LogP contribution in [0.2, 0.25) is 0 Å². The smallest absolute Gasteiger partial charge is 0.257 e. The van der Waals surface area contributed by atoms with Crippen molar-refractivity contribution >= 4 is 5.91 Å². The summed E-state index contributed by atoms with van der Waals surface area (Å²) in [6, 6.07) is 10.9. The normalized spacial score (nSPS) is 18.9. The maximum atomic E-state index is 12.7. The first kappa shape index (κ1) is 15.8. The molecule has 0 saturated carbocycles. The van der Waals surface area contributed by atoms with E-state index in [1.165, 1.54) is 5.56 Å². The third kappa shape index (κ3) is 3.63. The summed E-state index contributed by atoms with van der Waals surface area (Å²) < 4.78 is 1.85. The molecule has 0 aliphatic carbocycles. The van der Waals surface area contributed by atoms with Crippen molar-refractivity contribution in [2.45, 2.75) is 45.1 Å². The molecule has 0 bridgehead atoms. The van der Waals surface area contributed by atoms with Gasteiger partial charge in [0, 0.05) is 25.3 Å². The quantitative estimate of drug-likeness (QED) is 0.863. The van der Waals surface area contributed by atoms with Gasteiger partial charge < -0.3 is 4.90 Å². The van der Waals surface area contributed by atoms with Gasteiger partial charge >= 0.3 is 0 Å². The van der Waals surface area contributed by atoms with Gasteiger partial charge in [-0.2, -0.15) is 5.10 Å². The molecule has 4 nitrogen and oxygen atoms in total. The zero-order valence-electron chi connectivity index (χ0n) is 14.0. The van der Waals surface area contributed by atoms with Gasteiger partial charge in [0.2, 0.25) is 0 Å². The van der Waals surface area contributed by atoms with Gasteiger partial charge in [-0.3, -0.25) is 9.48 Å². The number of benzene rings is 1. The highest BCUT2D eigenvalue weighted by molar-refractivity contribution is 5.93. The molecule has 1 atom stereocenters. The zero-order valence-corrected chi connectivity index (χ0v) is 14.0. The van der Waals surface area contributed by atoms with Crippen LogP contribution in [0.4, 0.5) is 0 Å². The second-order valence-electron chi connectivity index (χ2n) is 6.63. The molecule has 0 unspecified atom stereocenters. The lowest BCUT2D eigenvalue weighted by atomic mass is 9.92. The first-order valence-electron chi connectivity index (χ1n) is 8.53. The van der Waals surface area contributed by atoms with E-state index in [0.29, 0.717) is 11.5 Å². The minimum absolute atomic E-state index is 0.116. The highest BCUT2D eigenvalue weighted by Crippen LogP contribution is 2.28. The van der Waals surface area contributed by atoms with Crippen LogP contribution in [0.15, 0.2) is 42.7 Å². The van der Waals surface area contributed by atoms with Gasteiger partial charge in [0.15, 0.2) is 0 Å². The highest BCUT2D eigenvalue weighted by atomic mass is 16.2. The summed E-state index contributed by atoms with van der Waals surface area (Å²) in [6.07, 6.45) is 6.81. The monoisotopic (exact) mass is 311 g/mol. The average Bonchev–Trinajstić information content (AvgIpc) is 2.94. The lowest BCUT2D eigenvalue weighted by Gasteiger charge is -2.20. The Bertz CT molecular complexity index is 648. The molecule has 3 rings (SSSR count). The predicted molar refractivity (Wildman–Crippen MR) is 91.5 cm³/mol. The summed E-state index contributed by atoms with van der Waals surface area (Å²) >= 11 is 0. The molecule has 23 heavy (non-hydrogen) atoms. The van der Waals surface area contributed by atoms with E-state index >= 15 is 0 Å². The van der Waals surface area contributed by atoms with Crippen molar-refractivity contribution in [3.63, 3.8) is 0 Å². The molecular formula is C19H25N3O. The van der Waals surface area contributed by atoms with Gasteiger partial charge in [-0.25, -0.2) is 0 Å². The number of carbonyl (C=O) groups excluding carboxylic acids is 1. The lowest BCUT2D eigenvalue weighted by molar-refractivity contribution is 0.0761. The lowest BCUT2D eigenvalue weighted by Crippen LogP contribution is -2.31. The van der Waals surface area contributed by atoms with Crippen LogP contribution >= 0.6 is 0 Å². The number of rotatable bonds is 3. The number of likely N-dealkylation sites (tertiary alicyclic amines) is 1. The Labute approximate surface area is 138 Å². The number of hydrogen-bond acceptors (Lipinski definition) is 2. The molecule has 1 fully saturated rings. The standard InChI is InChI=1S/C19H25N3O/c1-15(2)22-14-18(13-20-22)19(23)21-11-6-9-17(10-12-21)16-7-4-3-5-8-16/h3-5,7-8,13-15,17H,6,9-12H2,1-2H3/t17-/m0/s1. The molecule has 122 valence electrons. The Hall–Kier alpha value is -2.10. The van der Waals surface area contributed by atoms with Crippen molar-refractivity contribution in [1.82, 2.24) is 14.7 Å². The summed E-state index contributed by atoms with van der Waals surface area (Å²) in [5.74, 6) is 0.679. The maximum absolute atomic E-state index is 12.7. The van der Waals surface area contributed by atoms with Gasteiger partial charge in [0.25, 0.3) is 5.91 Å². The van der Waals surface area contributed by atoms with Crippen molar-refractivity contribution in [3.8, 4) is 0 Å². The van der Waals surface area contributed by atoms with E-state index in [1.807, 2.05) is 15.8 Å². The molecule has 1 aliphatic rings. The van der Waals surface area contributed by atoms with E-state index in [2.05, 4.69) is 49.3 Å². The van der Waals surface area contributed by atoms with Crippen LogP contribution in [0.25, 0.3) is 0 Å². The first-order valence-corrected chi connectivity index (χ1v) is 8.53. The van der Waals surface area contributed by atoms with Crippen molar-refractivity contribution in [3.05, 3.63) is 53.9 Å². The van der Waals surface area contributed by atoms with Crippen LogP contribution in [-0.2, 0) is 0 Å². The molecule has 1 saturated heterocycles. The van der Waals surface area contributed by atoms with Crippen LogP contribution in [0, 0.1) is 0 Å². The molecular weight excluding hydrogens is 286 g/mol. The Kier molecular flexibility index (Phi) is 4.79. The highest BCUT2D eigenvalue weighted by Gasteiger charge is 2.23. The zero-order chi connectivity index (χ0) is 16.2. The Morgan fingerprint density at radius 3 is 2.65 bits per heavy atom. The first-order chi connectivity index (χ1) is 11.1. The Morgan fingerprint density at radius 1 is 1.17 bits per heavy atom. The fourth-order valence-electron chi connectivity index (χ4n) is 3.27. The van der Waals surface area contributed by atoms with Gasteiger partial charge in [0.1, 0.15) is 0 Å². The third-order valence-corrected chi connectivity index (χ3v) is 4.66. The van der Waals surface area contributed by atoms with Crippen molar-refractivity contribution in [2.75, 3.05) is 13.1 Å². The van der Waals surface area contributed by atoms with Crippen LogP contribution in [0.5, 0.6) is 0 Å². The minimum Gasteiger partial charge on any atom is -0.339 e. The second kappa shape index (κ2) is 6.99. The van der Waals surface area contributed by atoms with Crippen LogP contribution in [0.3, 0.4) is 0 Å². The van der Waals surface area contributed by atoms with Crippen LogP contribution < -0.4 is 0 Å². The molecule has 2 heterocycles. The molecule has 1 aromatic heterocycles. The maximum Gasteiger partial charge on any atom is 0.257 e. The van der Waals surface area contributed by atoms with E-state index in [-0.39, 0.29) is 11.9 Å². The van der Waals surface area contributed by atoms with Crippen LogP contribution in [0.1, 0.15) is 61.0 Å². The molecule has 2 aromatic rings. The average molecular weight is 311 g/mol. The summed E-state index contributed by atoms with van der Waals surface area (Å²) in [5, 5.41) is 4.29. The number of hydrogen-bond donors (Lipinski definition) is 0. The third-order valence-electron chi connectivity index (χ3n) is 4.66. The van der Waals surface area contributed by atoms with E-state index < -0.39 is 0 Å². The summed E-state index contributed by atoms with van der Waals surface area (Å²) in [6.45, 7) is 5.80. The topological polar surface area (TPSA) is 38.1 Å². The van der Waals surface area contributed by atoms with E-state index in [0.717, 1.165) is 32.4 Å². The molecule has 1 aliphatic heterocycles. The van der Waals surface area contributed by atoms with Crippen molar-refractivity contribution < 1.29 is 4.79 Å². The van der Waals surface area contributed by atoms with Crippen LogP contribution in [-0.4, -0.2) is 33.7 Å². The molecule has 4 heteroatoms. The second-order valence-corrected chi connectivity index (χ2v) is 6.63. The van der Waals surface area contributed by atoms with Gasteiger partial charge in [-0.1, -0.05) is 30.3 Å². The molecule has 0 spiro atoms. The number of carbonyl (C=O) groups is 1. The fourth-order valence-corrected chi connectivity index (χ4v) is 3.27. The van der Waals surface area contributed by atoms with E-state index in [9.17, 15) is 4.79 Å². The van der Waals surface area contributed by atoms with Gasteiger partial charge in [0.05, 0.1) is 11.8 Å². The summed E-state index contributed by atoms with van der Waals surface area (Å²) in [4.78, 5) is 14.7. The summed E-state index contributed by atoms with van der Waals surface area (Å²) in [7, 11) is 0. The van der Waals surface area contributed by atoms with Gasteiger partial charge in [-0.05, 0) is 44.6 Å². The predicted octanol–water partition coefficient (Wildman–Crippen LogP) is 3.87. The number of aromatic nitrogens is 2. The number of amides is 1. The Morgan fingerprint density at radius 2 is 1.96 bits per heavy atom. The van der Waals surface area contributed by atoms with Crippen molar-refractivity contribution in [2.24, 2.45) is 0 Å². The molecule has 1 amide bonds.